The van der Waals surface area contributed by atoms with Gasteiger partial charge in [-0.3, -0.25) is 4.98 Å². The van der Waals surface area contributed by atoms with E-state index in [4.69, 9.17) is 0 Å². The maximum absolute atomic E-state index is 4.21. The Balaban J connectivity index is 0.000000671. The summed E-state index contributed by atoms with van der Waals surface area (Å²) in [7, 11) is 0. The molecule has 0 fully saturated rings. The van der Waals surface area contributed by atoms with E-state index in [1.54, 1.807) is 18.3 Å². The molecule has 0 atom stereocenters. The second-order valence-corrected chi connectivity index (χ2v) is 2.19. The standard InChI is InChI=1S/C9H10N2.C2H6/c1-4-8-9(5-2)11-7(3)6-10-8;1-2/h4-6H,1-2H2,3H3;1-2H3. The van der Waals surface area contributed by atoms with Gasteiger partial charge in [-0.25, -0.2) is 4.98 Å². The van der Waals surface area contributed by atoms with Crippen LogP contribution in [0.25, 0.3) is 12.2 Å². The van der Waals surface area contributed by atoms with E-state index in [-0.39, 0.29) is 0 Å². The van der Waals surface area contributed by atoms with E-state index in [0.29, 0.717) is 0 Å². The Kier molecular flexibility index (Phi) is 5.44. The molecule has 0 spiro atoms. The molecule has 1 rings (SSSR count). The topological polar surface area (TPSA) is 25.8 Å². The molecule has 1 aromatic heterocycles. The highest BCUT2D eigenvalue weighted by Crippen LogP contribution is 2.05. The molecule has 0 bridgehead atoms. The van der Waals surface area contributed by atoms with Crippen molar-refractivity contribution < 1.29 is 0 Å². The average Bonchev–Trinajstić information content (AvgIpc) is 2.20. The molecule has 1 heterocycles. The van der Waals surface area contributed by atoms with Gasteiger partial charge < -0.3 is 0 Å². The third-order valence-corrected chi connectivity index (χ3v) is 1.34. The summed E-state index contributed by atoms with van der Waals surface area (Å²) in [5.41, 5.74) is 2.47. The summed E-state index contributed by atoms with van der Waals surface area (Å²) in [6.45, 7) is 13.1. The van der Waals surface area contributed by atoms with Crippen molar-refractivity contribution in [3.63, 3.8) is 0 Å². The minimum absolute atomic E-state index is 0.783. The second-order valence-electron chi connectivity index (χ2n) is 2.19. The van der Waals surface area contributed by atoms with Crippen molar-refractivity contribution in [1.82, 2.24) is 9.97 Å². The molecule has 0 aliphatic heterocycles. The molecule has 1 aromatic rings. The van der Waals surface area contributed by atoms with E-state index in [1.807, 2.05) is 20.8 Å². The first kappa shape index (κ1) is 11.6. The van der Waals surface area contributed by atoms with Gasteiger partial charge in [-0.15, -0.1) is 0 Å². The predicted octanol–water partition coefficient (Wildman–Crippen LogP) is 3.10. The van der Waals surface area contributed by atoms with Gasteiger partial charge in [0.2, 0.25) is 0 Å². The van der Waals surface area contributed by atoms with Gasteiger partial charge in [0.25, 0.3) is 0 Å². The van der Waals surface area contributed by atoms with E-state index in [0.717, 1.165) is 17.1 Å². The van der Waals surface area contributed by atoms with E-state index in [1.165, 1.54) is 0 Å². The minimum Gasteiger partial charge on any atom is -0.253 e. The zero-order chi connectivity index (χ0) is 10.3. The Morgan fingerprint density at radius 3 is 2.15 bits per heavy atom. The SMILES string of the molecule is C=Cc1ncc(C)nc1C=C.CC. The Labute approximate surface area is 80.1 Å². The molecule has 0 saturated heterocycles. The first-order chi connectivity index (χ1) is 6.27. The Hall–Kier alpha value is -1.44. The summed E-state index contributed by atoms with van der Waals surface area (Å²) in [5, 5.41) is 0. The molecule has 0 amide bonds. The molecule has 0 N–H and O–H groups in total. The molecule has 0 radical (unpaired) electrons. The average molecular weight is 176 g/mol. The maximum Gasteiger partial charge on any atom is 0.0883 e. The van der Waals surface area contributed by atoms with Crippen LogP contribution < -0.4 is 0 Å². The highest BCUT2D eigenvalue weighted by Gasteiger charge is 1.96. The summed E-state index contributed by atoms with van der Waals surface area (Å²) in [6.07, 6.45) is 5.06. The fourth-order valence-corrected chi connectivity index (χ4v) is 0.813. The maximum atomic E-state index is 4.21. The summed E-state index contributed by atoms with van der Waals surface area (Å²) in [4.78, 5) is 8.33. The largest absolute Gasteiger partial charge is 0.253 e. The van der Waals surface area contributed by atoms with Crippen molar-refractivity contribution in [3.8, 4) is 0 Å². The molecule has 0 unspecified atom stereocenters. The van der Waals surface area contributed by atoms with E-state index >= 15 is 0 Å². The van der Waals surface area contributed by atoms with Crippen LogP contribution in [0.5, 0.6) is 0 Å². The summed E-state index contributed by atoms with van der Waals surface area (Å²) in [5.74, 6) is 0. The lowest BCUT2D eigenvalue weighted by molar-refractivity contribution is 1.09. The van der Waals surface area contributed by atoms with Crippen molar-refractivity contribution in [2.24, 2.45) is 0 Å². The van der Waals surface area contributed by atoms with Gasteiger partial charge in [-0.1, -0.05) is 27.0 Å². The van der Waals surface area contributed by atoms with Gasteiger partial charge in [0, 0.05) is 6.20 Å². The normalized spacial score (nSPS) is 8.23. The predicted molar refractivity (Wildman–Crippen MR) is 58.3 cm³/mol. The van der Waals surface area contributed by atoms with E-state index < -0.39 is 0 Å². The Morgan fingerprint density at radius 1 is 1.15 bits per heavy atom. The van der Waals surface area contributed by atoms with Crippen LogP contribution in [-0.4, -0.2) is 9.97 Å². The quantitative estimate of drug-likeness (QED) is 0.692. The Morgan fingerprint density at radius 2 is 1.69 bits per heavy atom. The summed E-state index contributed by atoms with van der Waals surface area (Å²) < 4.78 is 0. The zero-order valence-electron chi connectivity index (χ0n) is 8.54. The lowest BCUT2D eigenvalue weighted by Crippen LogP contribution is -1.92. The second kappa shape index (κ2) is 6.12. The van der Waals surface area contributed by atoms with Crippen LogP contribution in [0.15, 0.2) is 19.4 Å². The van der Waals surface area contributed by atoms with Crippen molar-refractivity contribution in [2.45, 2.75) is 20.8 Å². The molecular formula is C11H16N2. The first-order valence-corrected chi connectivity index (χ1v) is 4.36. The molecule has 2 nitrogen and oxygen atoms in total. The van der Waals surface area contributed by atoms with Crippen LogP contribution in [0.4, 0.5) is 0 Å². The molecule has 0 aromatic carbocycles. The lowest BCUT2D eigenvalue weighted by Gasteiger charge is -1.98. The molecule has 0 saturated carbocycles. The number of aromatic nitrogens is 2. The van der Waals surface area contributed by atoms with Crippen LogP contribution >= 0.6 is 0 Å². The highest BCUT2D eigenvalue weighted by atomic mass is 14.8. The van der Waals surface area contributed by atoms with Gasteiger partial charge in [0.15, 0.2) is 0 Å². The molecular weight excluding hydrogens is 160 g/mol. The number of hydrogen-bond donors (Lipinski definition) is 0. The van der Waals surface area contributed by atoms with E-state index in [9.17, 15) is 0 Å². The van der Waals surface area contributed by atoms with Crippen LogP contribution in [0.1, 0.15) is 30.9 Å². The van der Waals surface area contributed by atoms with Crippen LogP contribution in [0, 0.1) is 6.92 Å². The van der Waals surface area contributed by atoms with Gasteiger partial charge in [-0.05, 0) is 19.1 Å². The third-order valence-electron chi connectivity index (χ3n) is 1.34. The van der Waals surface area contributed by atoms with Gasteiger partial charge in [0.1, 0.15) is 0 Å². The van der Waals surface area contributed by atoms with Gasteiger partial charge in [0.05, 0.1) is 17.1 Å². The number of hydrogen-bond acceptors (Lipinski definition) is 2. The van der Waals surface area contributed by atoms with Gasteiger partial charge >= 0.3 is 0 Å². The van der Waals surface area contributed by atoms with Crippen molar-refractivity contribution in [2.75, 3.05) is 0 Å². The van der Waals surface area contributed by atoms with Crippen LogP contribution in [0.2, 0.25) is 0 Å². The summed E-state index contributed by atoms with van der Waals surface area (Å²) >= 11 is 0. The summed E-state index contributed by atoms with van der Waals surface area (Å²) in [6, 6.07) is 0. The zero-order valence-corrected chi connectivity index (χ0v) is 8.54. The number of aryl methyl sites for hydroxylation is 1. The number of rotatable bonds is 2. The number of nitrogens with zero attached hydrogens (tertiary/aromatic N) is 2. The molecule has 0 aliphatic carbocycles. The minimum atomic E-state index is 0.783. The van der Waals surface area contributed by atoms with Crippen LogP contribution in [0.3, 0.4) is 0 Å². The smallest absolute Gasteiger partial charge is 0.0883 e. The van der Waals surface area contributed by atoms with Crippen LogP contribution in [-0.2, 0) is 0 Å². The monoisotopic (exact) mass is 176 g/mol. The first-order valence-electron chi connectivity index (χ1n) is 4.36. The fraction of sp³-hybridized carbons (Fsp3) is 0.273. The molecule has 0 aliphatic rings. The highest BCUT2D eigenvalue weighted by molar-refractivity contribution is 5.56. The van der Waals surface area contributed by atoms with Crippen molar-refractivity contribution >= 4 is 12.2 Å². The Bertz CT molecular complexity index is 290. The van der Waals surface area contributed by atoms with Crippen molar-refractivity contribution in [1.29, 1.82) is 0 Å². The van der Waals surface area contributed by atoms with E-state index in [2.05, 4.69) is 23.1 Å². The molecule has 2 heteroatoms. The molecule has 13 heavy (non-hydrogen) atoms. The molecule has 70 valence electrons. The fourth-order valence-electron chi connectivity index (χ4n) is 0.813. The van der Waals surface area contributed by atoms with Gasteiger partial charge in [-0.2, -0.15) is 0 Å². The van der Waals surface area contributed by atoms with Crippen molar-refractivity contribution in [3.05, 3.63) is 36.4 Å². The lowest BCUT2D eigenvalue weighted by atomic mass is 10.3. The third kappa shape index (κ3) is 3.20.